The number of carbonyl (C=O) groups is 1. The fourth-order valence-corrected chi connectivity index (χ4v) is 2.69. The zero-order valence-electron chi connectivity index (χ0n) is 13.3. The van der Waals surface area contributed by atoms with Crippen molar-refractivity contribution in [3.05, 3.63) is 29.8 Å². The summed E-state index contributed by atoms with van der Waals surface area (Å²) in [5.74, 6) is 0.851. The van der Waals surface area contributed by atoms with E-state index in [-0.39, 0.29) is 12.0 Å². The second-order valence-electron chi connectivity index (χ2n) is 5.86. The van der Waals surface area contributed by atoms with Crippen molar-refractivity contribution in [1.82, 2.24) is 10.2 Å². The summed E-state index contributed by atoms with van der Waals surface area (Å²) in [5.41, 5.74) is 1.20. The second-order valence-corrected chi connectivity index (χ2v) is 5.86. The van der Waals surface area contributed by atoms with Crippen LogP contribution in [0.25, 0.3) is 0 Å². The minimum absolute atomic E-state index is 0.00860. The number of piperidine rings is 1. The summed E-state index contributed by atoms with van der Waals surface area (Å²) in [6.45, 7) is 5.38. The Morgan fingerprint density at radius 2 is 2.36 bits per heavy atom. The average Bonchev–Trinajstić information content (AvgIpc) is 2.47. The van der Waals surface area contributed by atoms with E-state index in [0.29, 0.717) is 13.2 Å². The summed E-state index contributed by atoms with van der Waals surface area (Å²) in [4.78, 5) is 13.0. The van der Waals surface area contributed by atoms with Gasteiger partial charge in [0.2, 0.25) is 5.91 Å². The molecule has 1 atom stereocenters. The number of amides is 1. The third-order valence-electron chi connectivity index (χ3n) is 3.75. The van der Waals surface area contributed by atoms with E-state index in [1.165, 1.54) is 12.5 Å². The Bertz CT molecular complexity index is 479. The third kappa shape index (κ3) is 6.03. The van der Waals surface area contributed by atoms with E-state index >= 15 is 0 Å². The number of nitrogens with one attached hydrogen (secondary N) is 1. The van der Waals surface area contributed by atoms with Gasteiger partial charge in [-0.1, -0.05) is 12.1 Å². The number of hydrogen-bond acceptors (Lipinski definition) is 4. The summed E-state index contributed by atoms with van der Waals surface area (Å²) in [7, 11) is 0. The molecule has 0 spiro atoms. The van der Waals surface area contributed by atoms with Gasteiger partial charge in [-0.25, -0.2) is 0 Å². The molecule has 1 heterocycles. The Labute approximate surface area is 132 Å². The van der Waals surface area contributed by atoms with E-state index in [9.17, 15) is 9.90 Å². The highest BCUT2D eigenvalue weighted by Crippen LogP contribution is 2.18. The molecule has 1 amide bonds. The molecular weight excluding hydrogens is 280 g/mol. The van der Waals surface area contributed by atoms with Crippen molar-refractivity contribution in [2.24, 2.45) is 0 Å². The zero-order chi connectivity index (χ0) is 15.8. The predicted molar refractivity (Wildman–Crippen MR) is 85.8 cm³/mol. The fourth-order valence-electron chi connectivity index (χ4n) is 2.69. The van der Waals surface area contributed by atoms with Crippen molar-refractivity contribution in [1.29, 1.82) is 0 Å². The summed E-state index contributed by atoms with van der Waals surface area (Å²) >= 11 is 0. The zero-order valence-corrected chi connectivity index (χ0v) is 13.3. The summed E-state index contributed by atoms with van der Waals surface area (Å²) in [6.07, 6.45) is 2.57. The van der Waals surface area contributed by atoms with Gasteiger partial charge in [0.05, 0.1) is 12.7 Å². The first-order chi connectivity index (χ1) is 10.6. The first kappa shape index (κ1) is 16.8. The number of benzene rings is 1. The van der Waals surface area contributed by atoms with Crippen LogP contribution >= 0.6 is 0 Å². The van der Waals surface area contributed by atoms with Crippen molar-refractivity contribution < 1.29 is 14.6 Å². The standard InChI is InChI=1S/C17H26N2O3/c1-14(20)18-8-4-10-22-17-7-2-5-15(11-17)12-19-9-3-6-16(21)13-19/h2,5,7,11,16,21H,3-4,6,8-10,12-13H2,1H3,(H,18,20). The second kappa shape index (κ2) is 8.76. The number of aliphatic hydroxyl groups excluding tert-OH is 1. The fraction of sp³-hybridized carbons (Fsp3) is 0.588. The highest BCUT2D eigenvalue weighted by molar-refractivity contribution is 5.72. The molecule has 1 aromatic rings. The quantitative estimate of drug-likeness (QED) is 0.750. The maximum absolute atomic E-state index is 10.8. The predicted octanol–water partition coefficient (Wildman–Crippen LogP) is 1.55. The topological polar surface area (TPSA) is 61.8 Å². The smallest absolute Gasteiger partial charge is 0.216 e. The number of carbonyl (C=O) groups excluding carboxylic acids is 1. The van der Waals surface area contributed by atoms with E-state index in [1.807, 2.05) is 12.1 Å². The highest BCUT2D eigenvalue weighted by Gasteiger charge is 2.17. The normalized spacial score (nSPS) is 18.9. The van der Waals surface area contributed by atoms with Crippen LogP contribution < -0.4 is 10.1 Å². The Balaban J connectivity index is 1.75. The molecule has 1 unspecified atom stereocenters. The number of rotatable bonds is 7. The van der Waals surface area contributed by atoms with E-state index in [2.05, 4.69) is 22.3 Å². The lowest BCUT2D eigenvalue weighted by Crippen LogP contribution is -2.37. The third-order valence-corrected chi connectivity index (χ3v) is 3.75. The SMILES string of the molecule is CC(=O)NCCCOc1cccc(CN2CCCC(O)C2)c1. The lowest BCUT2D eigenvalue weighted by Gasteiger charge is -2.30. The van der Waals surface area contributed by atoms with Crippen molar-refractivity contribution in [3.63, 3.8) is 0 Å². The minimum atomic E-state index is -0.193. The Kier molecular flexibility index (Phi) is 6.68. The van der Waals surface area contributed by atoms with Gasteiger partial charge < -0.3 is 15.2 Å². The van der Waals surface area contributed by atoms with Crippen molar-refractivity contribution >= 4 is 5.91 Å². The van der Waals surface area contributed by atoms with Gasteiger partial charge in [0.15, 0.2) is 0 Å². The summed E-state index contributed by atoms with van der Waals surface area (Å²) < 4.78 is 5.72. The lowest BCUT2D eigenvalue weighted by molar-refractivity contribution is -0.118. The number of ether oxygens (including phenoxy) is 1. The molecule has 0 radical (unpaired) electrons. The molecular formula is C17H26N2O3. The number of β-amino-alcohol motifs (C(OH)–C–C–N with tert-alkyl or cyclic N) is 1. The molecule has 1 aliphatic heterocycles. The van der Waals surface area contributed by atoms with Crippen molar-refractivity contribution in [2.75, 3.05) is 26.2 Å². The van der Waals surface area contributed by atoms with Gasteiger partial charge in [0, 0.05) is 26.6 Å². The minimum Gasteiger partial charge on any atom is -0.494 e. The molecule has 2 rings (SSSR count). The first-order valence-electron chi connectivity index (χ1n) is 8.00. The van der Waals surface area contributed by atoms with Crippen LogP contribution in [0.3, 0.4) is 0 Å². The van der Waals surface area contributed by atoms with E-state index in [0.717, 1.165) is 44.6 Å². The van der Waals surface area contributed by atoms with Crippen LogP contribution in [-0.2, 0) is 11.3 Å². The van der Waals surface area contributed by atoms with Crippen LogP contribution in [0, 0.1) is 0 Å². The molecule has 22 heavy (non-hydrogen) atoms. The average molecular weight is 306 g/mol. The monoisotopic (exact) mass is 306 g/mol. The van der Waals surface area contributed by atoms with E-state index in [1.54, 1.807) is 0 Å². The molecule has 1 saturated heterocycles. The number of aliphatic hydroxyl groups is 1. The molecule has 1 fully saturated rings. The Hall–Kier alpha value is -1.59. The van der Waals surface area contributed by atoms with Crippen LogP contribution in [0.5, 0.6) is 5.75 Å². The first-order valence-corrected chi connectivity index (χ1v) is 8.00. The number of likely N-dealkylation sites (tertiary alicyclic amines) is 1. The molecule has 1 aliphatic rings. The van der Waals surface area contributed by atoms with Crippen molar-refractivity contribution in [2.45, 2.75) is 38.8 Å². The molecule has 1 aromatic carbocycles. The molecule has 5 heteroatoms. The highest BCUT2D eigenvalue weighted by atomic mass is 16.5. The van der Waals surface area contributed by atoms with Crippen LogP contribution in [0.4, 0.5) is 0 Å². The maximum Gasteiger partial charge on any atom is 0.216 e. The van der Waals surface area contributed by atoms with Gasteiger partial charge in [-0.2, -0.15) is 0 Å². The summed E-state index contributed by atoms with van der Waals surface area (Å²) in [6, 6.07) is 8.09. The number of hydrogen-bond donors (Lipinski definition) is 2. The van der Waals surface area contributed by atoms with Gasteiger partial charge in [0.1, 0.15) is 5.75 Å². The van der Waals surface area contributed by atoms with Crippen LogP contribution in [0.15, 0.2) is 24.3 Å². The van der Waals surface area contributed by atoms with Crippen LogP contribution in [0.1, 0.15) is 31.7 Å². The summed E-state index contributed by atoms with van der Waals surface area (Å²) in [5, 5.41) is 12.5. The van der Waals surface area contributed by atoms with Gasteiger partial charge in [-0.05, 0) is 43.5 Å². The Morgan fingerprint density at radius 3 is 3.14 bits per heavy atom. The van der Waals surface area contributed by atoms with E-state index < -0.39 is 0 Å². The lowest BCUT2D eigenvalue weighted by atomic mass is 10.1. The molecule has 0 aliphatic carbocycles. The van der Waals surface area contributed by atoms with E-state index in [4.69, 9.17) is 4.74 Å². The number of nitrogens with zero attached hydrogens (tertiary/aromatic N) is 1. The van der Waals surface area contributed by atoms with Crippen LogP contribution in [0.2, 0.25) is 0 Å². The largest absolute Gasteiger partial charge is 0.494 e. The molecule has 5 nitrogen and oxygen atoms in total. The Morgan fingerprint density at radius 1 is 1.50 bits per heavy atom. The molecule has 0 bridgehead atoms. The van der Waals surface area contributed by atoms with Gasteiger partial charge >= 0.3 is 0 Å². The van der Waals surface area contributed by atoms with Crippen molar-refractivity contribution in [3.8, 4) is 5.75 Å². The molecule has 2 N–H and O–H groups in total. The van der Waals surface area contributed by atoms with Gasteiger partial charge in [-0.15, -0.1) is 0 Å². The maximum atomic E-state index is 10.8. The molecule has 0 saturated carbocycles. The van der Waals surface area contributed by atoms with Gasteiger partial charge in [0.25, 0.3) is 0 Å². The van der Waals surface area contributed by atoms with Gasteiger partial charge in [-0.3, -0.25) is 9.69 Å². The van der Waals surface area contributed by atoms with Crippen LogP contribution in [-0.4, -0.2) is 48.3 Å². The molecule has 0 aromatic heterocycles. The molecule has 122 valence electrons.